The Morgan fingerprint density at radius 3 is 2.78 bits per heavy atom. The smallest absolute Gasteiger partial charge is 0.347 e. The molecule has 1 unspecified atom stereocenters. The molecule has 120 valence electrons. The number of benzene rings is 1. The molecule has 0 saturated carbocycles. The molecule has 0 spiro atoms. The molecule has 1 aromatic carbocycles. The standard InChI is InChI=1S/C15H13ClN2O4S/c1-3-20-14(19)9(2)21-11-6-4-5-7-12(11)22-15-10(8-17)13(16)18-23-15/h4-7,9H,3H2,1-2H3. The average molecular weight is 353 g/mol. The third kappa shape index (κ3) is 4.12. The lowest BCUT2D eigenvalue weighted by Gasteiger charge is -2.15. The van der Waals surface area contributed by atoms with Crippen molar-refractivity contribution < 1.29 is 19.0 Å². The molecule has 0 amide bonds. The first-order valence-electron chi connectivity index (χ1n) is 6.72. The summed E-state index contributed by atoms with van der Waals surface area (Å²) < 4.78 is 20.0. The molecule has 0 aliphatic heterocycles. The van der Waals surface area contributed by atoms with Gasteiger partial charge in [-0.2, -0.15) is 9.64 Å². The van der Waals surface area contributed by atoms with E-state index in [1.165, 1.54) is 0 Å². The summed E-state index contributed by atoms with van der Waals surface area (Å²) in [5, 5.41) is 9.42. The van der Waals surface area contributed by atoms with Crippen LogP contribution in [0.4, 0.5) is 0 Å². The molecule has 0 N–H and O–H groups in total. The number of carbonyl (C=O) groups excluding carboxylic acids is 1. The lowest BCUT2D eigenvalue weighted by atomic mass is 10.3. The largest absolute Gasteiger partial charge is 0.475 e. The molecule has 23 heavy (non-hydrogen) atoms. The molecule has 0 fully saturated rings. The maximum Gasteiger partial charge on any atom is 0.347 e. The maximum absolute atomic E-state index is 11.7. The molecule has 6 nitrogen and oxygen atoms in total. The quantitative estimate of drug-likeness (QED) is 0.735. The number of para-hydroxylation sites is 2. The van der Waals surface area contributed by atoms with E-state index in [0.29, 0.717) is 11.5 Å². The predicted octanol–water partition coefficient (Wildman–Crippen LogP) is 3.79. The van der Waals surface area contributed by atoms with Crippen LogP contribution in [0.25, 0.3) is 0 Å². The number of hydrogen-bond acceptors (Lipinski definition) is 7. The highest BCUT2D eigenvalue weighted by Crippen LogP contribution is 2.37. The van der Waals surface area contributed by atoms with Gasteiger partial charge in [0.1, 0.15) is 11.6 Å². The summed E-state index contributed by atoms with van der Waals surface area (Å²) in [5.41, 5.74) is 0.157. The fourth-order valence-corrected chi connectivity index (χ4v) is 2.55. The molecule has 1 heterocycles. The number of aromatic nitrogens is 1. The Labute approximate surface area is 142 Å². The molecule has 0 bridgehead atoms. The molecule has 1 atom stereocenters. The van der Waals surface area contributed by atoms with Gasteiger partial charge in [0.25, 0.3) is 0 Å². The van der Waals surface area contributed by atoms with Gasteiger partial charge in [0, 0.05) is 11.5 Å². The summed E-state index contributed by atoms with van der Waals surface area (Å²) >= 11 is 6.78. The molecule has 0 saturated heterocycles. The van der Waals surface area contributed by atoms with Gasteiger partial charge in [-0.15, -0.1) is 0 Å². The Morgan fingerprint density at radius 1 is 1.43 bits per heavy atom. The van der Waals surface area contributed by atoms with Gasteiger partial charge in [-0.3, -0.25) is 0 Å². The van der Waals surface area contributed by atoms with Crippen LogP contribution >= 0.6 is 23.1 Å². The van der Waals surface area contributed by atoms with Crippen molar-refractivity contribution in [2.75, 3.05) is 6.61 Å². The highest BCUT2D eigenvalue weighted by atomic mass is 35.5. The van der Waals surface area contributed by atoms with Crippen LogP contribution in [0.5, 0.6) is 16.6 Å². The number of nitriles is 1. The molecular formula is C15H13ClN2O4S. The lowest BCUT2D eigenvalue weighted by molar-refractivity contribution is -0.150. The van der Waals surface area contributed by atoms with Crippen LogP contribution in [-0.4, -0.2) is 23.1 Å². The Hall–Kier alpha value is -2.30. The highest BCUT2D eigenvalue weighted by Gasteiger charge is 2.20. The SMILES string of the molecule is CCOC(=O)C(C)Oc1ccccc1Oc1snc(Cl)c1C#N. The molecule has 1 aromatic heterocycles. The van der Waals surface area contributed by atoms with Gasteiger partial charge in [-0.25, -0.2) is 4.79 Å². The van der Waals surface area contributed by atoms with Crippen molar-refractivity contribution >= 4 is 29.1 Å². The first-order valence-corrected chi connectivity index (χ1v) is 7.87. The predicted molar refractivity (Wildman–Crippen MR) is 85.1 cm³/mol. The van der Waals surface area contributed by atoms with Crippen LogP contribution in [0, 0.1) is 11.3 Å². The van der Waals surface area contributed by atoms with E-state index in [4.69, 9.17) is 31.1 Å². The van der Waals surface area contributed by atoms with Gasteiger partial charge >= 0.3 is 5.97 Å². The van der Waals surface area contributed by atoms with Gasteiger partial charge in [0.2, 0.25) is 5.06 Å². The number of rotatable bonds is 6. The first kappa shape index (κ1) is 17.1. The van der Waals surface area contributed by atoms with Crippen molar-refractivity contribution in [1.29, 1.82) is 5.26 Å². The van der Waals surface area contributed by atoms with E-state index in [2.05, 4.69) is 4.37 Å². The summed E-state index contributed by atoms with van der Waals surface area (Å²) in [6, 6.07) is 8.73. The van der Waals surface area contributed by atoms with E-state index in [1.807, 2.05) is 6.07 Å². The van der Waals surface area contributed by atoms with Gasteiger partial charge in [-0.05, 0) is 26.0 Å². The van der Waals surface area contributed by atoms with Crippen LogP contribution in [0.3, 0.4) is 0 Å². The summed E-state index contributed by atoms with van der Waals surface area (Å²) in [6.45, 7) is 3.58. The second-order valence-electron chi connectivity index (χ2n) is 4.31. The van der Waals surface area contributed by atoms with Crippen molar-refractivity contribution in [2.24, 2.45) is 0 Å². The number of halogens is 1. The van der Waals surface area contributed by atoms with Crippen molar-refractivity contribution in [3.63, 3.8) is 0 Å². The van der Waals surface area contributed by atoms with E-state index in [1.54, 1.807) is 38.1 Å². The van der Waals surface area contributed by atoms with Crippen molar-refractivity contribution in [1.82, 2.24) is 4.37 Å². The zero-order valence-corrected chi connectivity index (χ0v) is 14.0. The minimum Gasteiger partial charge on any atom is -0.475 e. The van der Waals surface area contributed by atoms with E-state index >= 15 is 0 Å². The molecule has 2 aromatic rings. The number of ether oxygens (including phenoxy) is 3. The van der Waals surface area contributed by atoms with E-state index in [0.717, 1.165) is 11.5 Å². The second kappa shape index (κ2) is 7.81. The van der Waals surface area contributed by atoms with Gasteiger partial charge in [-0.1, -0.05) is 23.7 Å². The van der Waals surface area contributed by atoms with Crippen LogP contribution in [0.2, 0.25) is 5.15 Å². The number of carbonyl (C=O) groups is 1. The highest BCUT2D eigenvalue weighted by molar-refractivity contribution is 7.08. The molecule has 0 aliphatic rings. The zero-order valence-electron chi connectivity index (χ0n) is 12.4. The Morgan fingerprint density at radius 2 is 2.13 bits per heavy atom. The third-order valence-corrected chi connectivity index (χ3v) is 3.81. The Balaban J connectivity index is 2.21. The second-order valence-corrected chi connectivity index (χ2v) is 5.40. The lowest BCUT2D eigenvalue weighted by Crippen LogP contribution is -2.26. The Bertz CT molecular complexity index is 741. The summed E-state index contributed by atoms with van der Waals surface area (Å²) in [6.07, 6.45) is -0.791. The fourth-order valence-electron chi connectivity index (χ4n) is 1.65. The Kier molecular flexibility index (Phi) is 5.79. The molecule has 8 heteroatoms. The van der Waals surface area contributed by atoms with Gasteiger partial charge in [0.05, 0.1) is 6.61 Å². The van der Waals surface area contributed by atoms with Crippen molar-refractivity contribution in [2.45, 2.75) is 20.0 Å². The van der Waals surface area contributed by atoms with E-state index in [9.17, 15) is 4.79 Å². The normalized spacial score (nSPS) is 11.4. The first-order chi connectivity index (χ1) is 11.1. The van der Waals surface area contributed by atoms with Crippen LogP contribution < -0.4 is 9.47 Å². The van der Waals surface area contributed by atoms with E-state index in [-0.39, 0.29) is 22.4 Å². The molecule has 2 rings (SSSR count). The van der Waals surface area contributed by atoms with Crippen LogP contribution in [0.1, 0.15) is 19.4 Å². The fraction of sp³-hybridized carbons (Fsp3) is 0.267. The molecular weight excluding hydrogens is 340 g/mol. The van der Waals surface area contributed by atoms with Gasteiger partial charge < -0.3 is 14.2 Å². The van der Waals surface area contributed by atoms with E-state index < -0.39 is 12.1 Å². The maximum atomic E-state index is 11.7. The molecule has 0 radical (unpaired) electrons. The third-order valence-electron chi connectivity index (χ3n) is 2.71. The number of nitrogens with zero attached hydrogens (tertiary/aromatic N) is 2. The average Bonchev–Trinajstić information content (AvgIpc) is 2.89. The van der Waals surface area contributed by atoms with Crippen LogP contribution in [-0.2, 0) is 9.53 Å². The topological polar surface area (TPSA) is 81.4 Å². The molecule has 0 aliphatic carbocycles. The van der Waals surface area contributed by atoms with Crippen molar-refractivity contribution in [3.8, 4) is 22.6 Å². The minimum absolute atomic E-state index is 0.0887. The minimum atomic E-state index is -0.791. The van der Waals surface area contributed by atoms with Crippen molar-refractivity contribution in [3.05, 3.63) is 35.0 Å². The van der Waals surface area contributed by atoms with Crippen LogP contribution in [0.15, 0.2) is 24.3 Å². The van der Waals surface area contributed by atoms with Gasteiger partial charge in [0.15, 0.2) is 22.8 Å². The number of hydrogen-bond donors (Lipinski definition) is 0. The summed E-state index contributed by atoms with van der Waals surface area (Å²) in [5.74, 6) is 0.225. The summed E-state index contributed by atoms with van der Waals surface area (Å²) in [7, 11) is 0. The number of esters is 1. The summed E-state index contributed by atoms with van der Waals surface area (Å²) in [4.78, 5) is 11.7. The monoisotopic (exact) mass is 352 g/mol. The zero-order chi connectivity index (χ0) is 16.8.